The van der Waals surface area contributed by atoms with Gasteiger partial charge in [0.05, 0.1) is 0 Å². The van der Waals surface area contributed by atoms with Gasteiger partial charge in [-0.1, -0.05) is 28.8 Å². The highest BCUT2D eigenvalue weighted by Crippen LogP contribution is 2.02. The fourth-order valence-electron chi connectivity index (χ4n) is 0.645. The highest BCUT2D eigenvalue weighted by atomic mass is 79.9. The van der Waals surface area contributed by atoms with Gasteiger partial charge < -0.3 is 0 Å². The Kier molecular flexibility index (Phi) is 8.29. The van der Waals surface area contributed by atoms with Crippen molar-refractivity contribution in [3.63, 3.8) is 0 Å². The Balaban J connectivity index is 2.66. The van der Waals surface area contributed by atoms with E-state index in [1.54, 1.807) is 0 Å². The van der Waals surface area contributed by atoms with E-state index >= 15 is 0 Å². The van der Waals surface area contributed by atoms with Crippen molar-refractivity contribution in [1.29, 1.82) is 0 Å². The Morgan fingerprint density at radius 3 is 2.33 bits per heavy atom. The Hall–Kier alpha value is 0.150. The highest BCUT2D eigenvalue weighted by molar-refractivity contribution is 9.09. The third-order valence-corrected chi connectivity index (χ3v) is 1.72. The molecule has 0 aliphatic rings. The molecular formula is C7H12BrO. The number of hydrogen-bond acceptors (Lipinski definition) is 1. The van der Waals surface area contributed by atoms with Crippen LogP contribution in [0, 0.1) is 0 Å². The van der Waals surface area contributed by atoms with E-state index in [2.05, 4.69) is 15.9 Å². The Morgan fingerprint density at radius 2 is 1.78 bits per heavy atom. The second-order valence-corrected chi connectivity index (χ2v) is 2.79. The summed E-state index contributed by atoms with van der Waals surface area (Å²) in [5.41, 5.74) is 0. The molecule has 0 aliphatic heterocycles. The average Bonchev–Trinajstić information content (AvgIpc) is 1.89. The van der Waals surface area contributed by atoms with E-state index in [1.807, 2.05) is 6.29 Å². The summed E-state index contributed by atoms with van der Waals surface area (Å²) in [7, 11) is 0. The minimum atomic E-state index is 0.613. The van der Waals surface area contributed by atoms with Crippen molar-refractivity contribution in [1.82, 2.24) is 0 Å². The molecule has 0 aromatic heterocycles. The topological polar surface area (TPSA) is 17.1 Å². The van der Waals surface area contributed by atoms with Crippen molar-refractivity contribution in [3.05, 3.63) is 0 Å². The second-order valence-electron chi connectivity index (χ2n) is 2.00. The molecule has 0 aliphatic carbocycles. The van der Waals surface area contributed by atoms with Gasteiger partial charge in [0, 0.05) is 11.8 Å². The van der Waals surface area contributed by atoms with Crippen molar-refractivity contribution in [2.24, 2.45) is 0 Å². The van der Waals surface area contributed by atoms with E-state index < -0.39 is 0 Å². The van der Waals surface area contributed by atoms with Crippen LogP contribution in [0.5, 0.6) is 0 Å². The molecule has 0 aromatic rings. The maximum Gasteiger partial charge on any atom is 0.198 e. The van der Waals surface area contributed by atoms with Crippen molar-refractivity contribution < 1.29 is 4.79 Å². The molecule has 1 nitrogen and oxygen atoms in total. The second kappa shape index (κ2) is 8.15. The average molecular weight is 192 g/mol. The van der Waals surface area contributed by atoms with Gasteiger partial charge in [0.2, 0.25) is 0 Å². The van der Waals surface area contributed by atoms with E-state index in [9.17, 15) is 4.79 Å². The third-order valence-electron chi connectivity index (χ3n) is 1.16. The van der Waals surface area contributed by atoms with Gasteiger partial charge in [-0.2, -0.15) is 0 Å². The quantitative estimate of drug-likeness (QED) is 0.466. The summed E-state index contributed by atoms with van der Waals surface area (Å²) in [6, 6.07) is 0. The van der Waals surface area contributed by atoms with Crippen LogP contribution < -0.4 is 0 Å². The maximum atomic E-state index is 9.70. The molecule has 0 aromatic carbocycles. The molecular weight excluding hydrogens is 180 g/mol. The Morgan fingerprint density at radius 1 is 1.11 bits per heavy atom. The lowest BCUT2D eigenvalue weighted by Crippen LogP contribution is -1.79. The Labute approximate surface area is 65.0 Å². The first kappa shape index (κ1) is 9.15. The summed E-state index contributed by atoms with van der Waals surface area (Å²) in [6.45, 7) is 0. The first-order valence-electron chi connectivity index (χ1n) is 3.32. The number of hydrogen-bond donors (Lipinski definition) is 0. The van der Waals surface area contributed by atoms with Gasteiger partial charge in [-0.3, -0.25) is 4.79 Å². The van der Waals surface area contributed by atoms with Crippen molar-refractivity contribution >= 4 is 22.2 Å². The minimum absolute atomic E-state index is 0.613. The summed E-state index contributed by atoms with van der Waals surface area (Å²) in [6.07, 6.45) is 7.12. The molecule has 0 spiro atoms. The molecule has 0 saturated carbocycles. The van der Waals surface area contributed by atoms with Crippen LogP contribution in [0.3, 0.4) is 0 Å². The first-order chi connectivity index (χ1) is 4.41. The zero-order valence-electron chi connectivity index (χ0n) is 5.53. The van der Waals surface area contributed by atoms with Gasteiger partial charge in [0.1, 0.15) is 0 Å². The molecule has 0 atom stereocenters. The summed E-state index contributed by atoms with van der Waals surface area (Å²) in [5, 5.41) is 1.08. The molecule has 0 rings (SSSR count). The lowest BCUT2D eigenvalue weighted by molar-refractivity contribution is 0.545. The van der Waals surface area contributed by atoms with Gasteiger partial charge in [-0.15, -0.1) is 0 Å². The molecule has 0 unspecified atom stereocenters. The fraction of sp³-hybridized carbons (Fsp3) is 0.857. The van der Waals surface area contributed by atoms with Crippen LogP contribution in [-0.4, -0.2) is 11.6 Å². The fourth-order valence-corrected chi connectivity index (χ4v) is 1.04. The van der Waals surface area contributed by atoms with Crippen LogP contribution in [0.1, 0.15) is 32.1 Å². The number of halogens is 1. The SMILES string of the molecule is O=[C]CCCCCCBr. The zero-order chi connectivity index (χ0) is 6.95. The van der Waals surface area contributed by atoms with Gasteiger partial charge in [-0.05, 0) is 12.8 Å². The lowest BCUT2D eigenvalue weighted by atomic mass is 10.2. The molecule has 53 valence electrons. The lowest BCUT2D eigenvalue weighted by Gasteiger charge is -1.92. The van der Waals surface area contributed by atoms with Crippen LogP contribution >= 0.6 is 15.9 Å². The van der Waals surface area contributed by atoms with Crippen LogP contribution in [0.25, 0.3) is 0 Å². The molecule has 0 saturated heterocycles. The van der Waals surface area contributed by atoms with Crippen LogP contribution in [0.4, 0.5) is 0 Å². The third kappa shape index (κ3) is 8.15. The number of unbranched alkanes of at least 4 members (excludes halogenated alkanes) is 4. The summed E-state index contributed by atoms with van der Waals surface area (Å²) in [5.74, 6) is 0. The molecule has 0 heterocycles. The predicted octanol–water partition coefficient (Wildman–Crippen LogP) is 2.44. The standard InChI is InChI=1S/C7H12BrO/c8-6-4-2-1-3-5-7-9/h1-6H2. The van der Waals surface area contributed by atoms with Gasteiger partial charge in [0.15, 0.2) is 6.29 Å². The largest absolute Gasteiger partial charge is 0.291 e. The Bertz CT molecular complexity index is 63.9. The molecule has 0 amide bonds. The molecule has 1 radical (unpaired) electrons. The van der Waals surface area contributed by atoms with Gasteiger partial charge in [-0.25, -0.2) is 0 Å². The molecule has 2 heteroatoms. The van der Waals surface area contributed by atoms with E-state index in [4.69, 9.17) is 0 Å². The summed E-state index contributed by atoms with van der Waals surface area (Å²) in [4.78, 5) is 9.70. The molecule has 0 bridgehead atoms. The number of rotatable bonds is 6. The van der Waals surface area contributed by atoms with E-state index in [1.165, 1.54) is 19.3 Å². The van der Waals surface area contributed by atoms with Crippen molar-refractivity contribution in [2.45, 2.75) is 32.1 Å². The van der Waals surface area contributed by atoms with Gasteiger partial charge >= 0.3 is 0 Å². The monoisotopic (exact) mass is 191 g/mol. The van der Waals surface area contributed by atoms with Crippen molar-refractivity contribution in [3.8, 4) is 0 Å². The van der Waals surface area contributed by atoms with Crippen LogP contribution in [0.15, 0.2) is 0 Å². The summed E-state index contributed by atoms with van der Waals surface area (Å²) >= 11 is 3.34. The van der Waals surface area contributed by atoms with Crippen LogP contribution in [-0.2, 0) is 4.79 Å². The van der Waals surface area contributed by atoms with Crippen LogP contribution in [0.2, 0.25) is 0 Å². The van der Waals surface area contributed by atoms with E-state index in [0.717, 1.165) is 11.8 Å². The predicted molar refractivity (Wildman–Crippen MR) is 42.6 cm³/mol. The smallest absolute Gasteiger partial charge is 0.198 e. The van der Waals surface area contributed by atoms with E-state index in [-0.39, 0.29) is 0 Å². The molecule has 9 heavy (non-hydrogen) atoms. The zero-order valence-corrected chi connectivity index (χ0v) is 7.11. The number of carbonyl (C=O) groups excluding carboxylic acids is 1. The van der Waals surface area contributed by atoms with E-state index in [0.29, 0.717) is 6.42 Å². The molecule has 0 N–H and O–H groups in total. The summed E-state index contributed by atoms with van der Waals surface area (Å²) < 4.78 is 0. The highest BCUT2D eigenvalue weighted by Gasteiger charge is 1.87. The normalized spacial score (nSPS) is 9.44. The van der Waals surface area contributed by atoms with Gasteiger partial charge in [0.25, 0.3) is 0 Å². The number of alkyl halides is 1. The van der Waals surface area contributed by atoms with Crippen molar-refractivity contribution in [2.75, 3.05) is 5.33 Å². The maximum absolute atomic E-state index is 9.70. The minimum Gasteiger partial charge on any atom is -0.291 e. The molecule has 0 fully saturated rings. The first-order valence-corrected chi connectivity index (χ1v) is 4.45.